The first-order valence-electron chi connectivity index (χ1n) is 6.05. The zero-order valence-electron chi connectivity index (χ0n) is 10.9. The number of nitrogens with two attached hydrogens (primary N) is 1. The minimum atomic E-state index is -0.400. The Morgan fingerprint density at radius 2 is 2.00 bits per heavy atom. The van der Waals surface area contributed by atoms with E-state index in [-0.39, 0.29) is 11.6 Å². The van der Waals surface area contributed by atoms with Gasteiger partial charge >= 0.3 is 0 Å². The molecule has 0 fully saturated rings. The molecule has 0 aliphatic carbocycles. The highest BCUT2D eigenvalue weighted by Crippen LogP contribution is 2.26. The molecular formula is C15H14F2INO. The van der Waals surface area contributed by atoms with Gasteiger partial charge in [0.05, 0.1) is 7.11 Å². The molecule has 20 heavy (non-hydrogen) atoms. The molecule has 1 unspecified atom stereocenters. The SMILES string of the molecule is COc1cccc(CC(N)c2ccc(F)cc2I)c1F. The van der Waals surface area contributed by atoms with Gasteiger partial charge in [0, 0.05) is 9.61 Å². The van der Waals surface area contributed by atoms with Gasteiger partial charge in [0.2, 0.25) is 0 Å². The molecule has 2 N–H and O–H groups in total. The molecule has 0 spiro atoms. The summed E-state index contributed by atoms with van der Waals surface area (Å²) in [7, 11) is 1.42. The molecule has 0 saturated carbocycles. The lowest BCUT2D eigenvalue weighted by molar-refractivity contribution is 0.383. The topological polar surface area (TPSA) is 35.2 Å². The third kappa shape index (κ3) is 3.27. The van der Waals surface area contributed by atoms with Crippen molar-refractivity contribution in [2.24, 2.45) is 5.73 Å². The standard InChI is InChI=1S/C15H14F2INO/c1-20-14-4-2-3-9(15(14)17)7-13(19)11-6-5-10(16)8-12(11)18/h2-6,8,13H,7,19H2,1H3. The van der Waals surface area contributed by atoms with Crippen molar-refractivity contribution in [1.29, 1.82) is 0 Å². The molecule has 0 bridgehead atoms. The van der Waals surface area contributed by atoms with Gasteiger partial charge < -0.3 is 10.5 Å². The summed E-state index contributed by atoms with van der Waals surface area (Å²) in [6, 6.07) is 8.97. The van der Waals surface area contributed by atoms with Crippen molar-refractivity contribution in [3.63, 3.8) is 0 Å². The smallest absolute Gasteiger partial charge is 0.168 e. The molecule has 2 nitrogen and oxygen atoms in total. The van der Waals surface area contributed by atoms with Crippen LogP contribution < -0.4 is 10.5 Å². The average molecular weight is 389 g/mol. The van der Waals surface area contributed by atoms with E-state index < -0.39 is 11.9 Å². The molecule has 0 radical (unpaired) electrons. The number of rotatable bonds is 4. The van der Waals surface area contributed by atoms with Crippen molar-refractivity contribution in [2.45, 2.75) is 12.5 Å². The predicted octanol–water partition coefficient (Wildman–Crippen LogP) is 3.82. The highest BCUT2D eigenvalue weighted by molar-refractivity contribution is 14.1. The monoisotopic (exact) mass is 389 g/mol. The molecule has 5 heteroatoms. The number of hydrogen-bond donors (Lipinski definition) is 1. The number of hydrogen-bond acceptors (Lipinski definition) is 2. The van der Waals surface area contributed by atoms with E-state index in [9.17, 15) is 8.78 Å². The van der Waals surface area contributed by atoms with Crippen molar-refractivity contribution < 1.29 is 13.5 Å². The Hall–Kier alpha value is -1.21. The average Bonchev–Trinajstić information content (AvgIpc) is 2.41. The van der Waals surface area contributed by atoms with Crippen LogP contribution in [0, 0.1) is 15.2 Å². The third-order valence-corrected chi connectivity index (χ3v) is 4.00. The first-order valence-corrected chi connectivity index (χ1v) is 7.12. The van der Waals surface area contributed by atoms with Gasteiger partial charge in [-0.15, -0.1) is 0 Å². The first kappa shape index (κ1) is 15.2. The summed E-state index contributed by atoms with van der Waals surface area (Å²) in [6.07, 6.45) is 0.324. The minimum absolute atomic E-state index is 0.198. The Morgan fingerprint density at radius 3 is 2.65 bits per heavy atom. The molecule has 0 saturated heterocycles. The summed E-state index contributed by atoms with van der Waals surface area (Å²) >= 11 is 2.03. The van der Waals surface area contributed by atoms with Crippen LogP contribution >= 0.6 is 22.6 Å². The fourth-order valence-electron chi connectivity index (χ4n) is 2.02. The number of halogens is 3. The Bertz CT molecular complexity index is 619. The Kier molecular flexibility index (Phi) is 4.93. The van der Waals surface area contributed by atoms with Crippen LogP contribution in [-0.2, 0) is 6.42 Å². The maximum atomic E-state index is 14.1. The Balaban J connectivity index is 2.25. The molecule has 2 aromatic carbocycles. The lowest BCUT2D eigenvalue weighted by Gasteiger charge is -2.15. The van der Waals surface area contributed by atoms with E-state index in [1.807, 2.05) is 22.6 Å². The quantitative estimate of drug-likeness (QED) is 0.808. The molecule has 0 aliphatic rings. The molecule has 2 aromatic rings. The van der Waals surface area contributed by atoms with Crippen LogP contribution in [0.1, 0.15) is 17.2 Å². The second kappa shape index (κ2) is 6.49. The van der Waals surface area contributed by atoms with E-state index in [1.165, 1.54) is 19.2 Å². The summed E-state index contributed by atoms with van der Waals surface area (Å²) in [5.41, 5.74) is 7.39. The van der Waals surface area contributed by atoms with Gasteiger partial charge in [0.15, 0.2) is 11.6 Å². The third-order valence-electron chi connectivity index (χ3n) is 3.06. The second-order valence-corrected chi connectivity index (χ2v) is 5.57. The molecular weight excluding hydrogens is 375 g/mol. The first-order chi connectivity index (χ1) is 9.52. The number of methoxy groups -OCH3 is 1. The van der Waals surface area contributed by atoms with E-state index in [0.29, 0.717) is 12.0 Å². The van der Waals surface area contributed by atoms with Crippen molar-refractivity contribution in [3.05, 3.63) is 62.7 Å². The van der Waals surface area contributed by atoms with E-state index >= 15 is 0 Å². The van der Waals surface area contributed by atoms with Crippen molar-refractivity contribution in [3.8, 4) is 5.75 Å². The molecule has 0 aliphatic heterocycles. The van der Waals surface area contributed by atoms with Crippen LogP contribution in [0.25, 0.3) is 0 Å². The highest BCUT2D eigenvalue weighted by atomic mass is 127. The number of benzene rings is 2. The summed E-state index contributed by atoms with van der Waals surface area (Å²) in [4.78, 5) is 0. The largest absolute Gasteiger partial charge is 0.494 e. The molecule has 0 amide bonds. The van der Waals surface area contributed by atoms with Gasteiger partial charge in [-0.2, -0.15) is 0 Å². The Morgan fingerprint density at radius 1 is 1.25 bits per heavy atom. The van der Waals surface area contributed by atoms with E-state index in [0.717, 1.165) is 9.13 Å². The molecule has 106 valence electrons. The van der Waals surface area contributed by atoms with Gasteiger partial charge in [-0.25, -0.2) is 8.78 Å². The minimum Gasteiger partial charge on any atom is -0.494 e. The van der Waals surface area contributed by atoms with E-state index in [1.54, 1.807) is 24.3 Å². The van der Waals surface area contributed by atoms with Gasteiger partial charge in [0.1, 0.15) is 5.82 Å². The van der Waals surface area contributed by atoms with Gasteiger partial charge in [0.25, 0.3) is 0 Å². The van der Waals surface area contributed by atoms with Crippen LogP contribution in [0.4, 0.5) is 8.78 Å². The highest BCUT2D eigenvalue weighted by Gasteiger charge is 2.15. The van der Waals surface area contributed by atoms with Gasteiger partial charge in [-0.1, -0.05) is 18.2 Å². The van der Waals surface area contributed by atoms with Crippen LogP contribution in [0.2, 0.25) is 0 Å². The zero-order valence-corrected chi connectivity index (χ0v) is 13.0. The maximum Gasteiger partial charge on any atom is 0.168 e. The van der Waals surface area contributed by atoms with Gasteiger partial charge in [-0.3, -0.25) is 0 Å². The summed E-state index contributed by atoms with van der Waals surface area (Å²) < 4.78 is 32.8. The van der Waals surface area contributed by atoms with Crippen LogP contribution in [-0.4, -0.2) is 7.11 Å². The molecule has 0 heterocycles. The maximum absolute atomic E-state index is 14.1. The van der Waals surface area contributed by atoms with Crippen molar-refractivity contribution >= 4 is 22.6 Å². The summed E-state index contributed by atoms with van der Waals surface area (Å²) in [5, 5.41) is 0. The fraction of sp³-hybridized carbons (Fsp3) is 0.200. The van der Waals surface area contributed by atoms with Crippen LogP contribution in [0.3, 0.4) is 0 Å². The van der Waals surface area contributed by atoms with Crippen molar-refractivity contribution in [1.82, 2.24) is 0 Å². The van der Waals surface area contributed by atoms with Crippen molar-refractivity contribution in [2.75, 3.05) is 7.11 Å². The lowest BCUT2D eigenvalue weighted by atomic mass is 9.99. The Labute approximate surface area is 130 Å². The summed E-state index contributed by atoms with van der Waals surface area (Å²) in [6.45, 7) is 0. The molecule has 2 rings (SSSR count). The second-order valence-electron chi connectivity index (χ2n) is 4.41. The molecule has 1 atom stereocenters. The zero-order chi connectivity index (χ0) is 14.7. The lowest BCUT2D eigenvalue weighted by Crippen LogP contribution is -2.15. The molecule has 0 aromatic heterocycles. The van der Waals surface area contributed by atoms with E-state index in [4.69, 9.17) is 10.5 Å². The van der Waals surface area contributed by atoms with Crippen LogP contribution in [0.15, 0.2) is 36.4 Å². The summed E-state index contributed by atoms with van der Waals surface area (Å²) in [5.74, 6) is -0.510. The normalized spacial score (nSPS) is 12.2. The number of ether oxygens (including phenoxy) is 1. The van der Waals surface area contributed by atoms with Gasteiger partial charge in [-0.05, 0) is 58.3 Å². The van der Waals surface area contributed by atoms with E-state index in [2.05, 4.69) is 0 Å². The van der Waals surface area contributed by atoms with Crippen LogP contribution in [0.5, 0.6) is 5.75 Å². The fourth-order valence-corrected chi connectivity index (χ4v) is 2.90. The predicted molar refractivity (Wildman–Crippen MR) is 82.7 cm³/mol.